The summed E-state index contributed by atoms with van der Waals surface area (Å²) in [6.07, 6.45) is -0.596. The van der Waals surface area contributed by atoms with Crippen LogP contribution < -0.4 is 10.6 Å². The number of carbonyl (C=O) groups excluding carboxylic acids is 2. The van der Waals surface area contributed by atoms with Gasteiger partial charge in [-0.3, -0.25) is 10.1 Å². The van der Waals surface area contributed by atoms with E-state index in [-0.39, 0.29) is 18.3 Å². The number of hydrogen-bond donors (Lipinski definition) is 2. The fourth-order valence-corrected chi connectivity index (χ4v) is 2.41. The lowest BCUT2D eigenvalue weighted by Gasteiger charge is -2.09. The molecular weight excluding hydrogens is 380 g/mol. The summed E-state index contributed by atoms with van der Waals surface area (Å²) >= 11 is 3.18. The van der Waals surface area contributed by atoms with E-state index in [4.69, 9.17) is 13.9 Å². The largest absolute Gasteiger partial charge is 0.447 e. The van der Waals surface area contributed by atoms with E-state index >= 15 is 0 Å². The molecule has 0 aliphatic rings. The van der Waals surface area contributed by atoms with Crippen molar-refractivity contribution in [2.75, 3.05) is 31.0 Å². The number of ether oxygens (including phenoxy) is 2. The summed E-state index contributed by atoms with van der Waals surface area (Å²) in [4.78, 5) is 23.8. The van der Waals surface area contributed by atoms with Crippen LogP contribution >= 0.6 is 15.9 Å². The van der Waals surface area contributed by atoms with Crippen LogP contribution in [-0.4, -0.2) is 32.3 Å². The smallest absolute Gasteiger partial charge is 0.411 e. The van der Waals surface area contributed by atoms with Gasteiger partial charge >= 0.3 is 6.09 Å². The van der Waals surface area contributed by atoms with Crippen LogP contribution in [0.3, 0.4) is 0 Å². The van der Waals surface area contributed by atoms with Crippen molar-refractivity contribution in [2.45, 2.75) is 6.92 Å². The maximum Gasteiger partial charge on any atom is 0.411 e. The standard InChI is InChI=1S/C16H17BrN2O5/c1-10-8-13(17)24-14(10)15(20)18-11-4-3-5-12(9-11)19-16(21)23-7-6-22-2/h3-5,8-9H,6-7H2,1-2H3,(H,18,20)(H,19,21). The molecule has 0 atom stereocenters. The molecule has 0 unspecified atom stereocenters. The number of rotatable bonds is 6. The quantitative estimate of drug-likeness (QED) is 0.724. The molecule has 0 saturated carbocycles. The Morgan fingerprint density at radius 1 is 1.17 bits per heavy atom. The second-order valence-electron chi connectivity index (χ2n) is 4.85. The van der Waals surface area contributed by atoms with Gasteiger partial charge in [-0.05, 0) is 47.1 Å². The summed E-state index contributed by atoms with van der Waals surface area (Å²) in [5.41, 5.74) is 1.73. The fourth-order valence-electron chi connectivity index (χ4n) is 1.90. The van der Waals surface area contributed by atoms with Gasteiger partial charge in [-0.15, -0.1) is 0 Å². The molecule has 0 saturated heterocycles. The fraction of sp³-hybridized carbons (Fsp3) is 0.250. The lowest BCUT2D eigenvalue weighted by atomic mass is 10.2. The van der Waals surface area contributed by atoms with Crippen LogP contribution in [0.25, 0.3) is 0 Å². The highest BCUT2D eigenvalue weighted by atomic mass is 79.9. The van der Waals surface area contributed by atoms with Crippen LogP contribution in [0.2, 0.25) is 0 Å². The van der Waals surface area contributed by atoms with E-state index in [0.717, 1.165) is 5.56 Å². The minimum Gasteiger partial charge on any atom is -0.447 e. The number of anilines is 2. The van der Waals surface area contributed by atoms with Crippen molar-refractivity contribution >= 4 is 39.3 Å². The molecule has 2 N–H and O–H groups in total. The Labute approximate surface area is 147 Å². The SMILES string of the molecule is COCCOC(=O)Nc1cccc(NC(=O)c2oc(Br)cc2C)c1. The van der Waals surface area contributed by atoms with Crippen molar-refractivity contribution in [3.8, 4) is 0 Å². The molecule has 1 aromatic heterocycles. The highest BCUT2D eigenvalue weighted by molar-refractivity contribution is 9.10. The minimum atomic E-state index is -0.596. The van der Waals surface area contributed by atoms with E-state index in [1.165, 1.54) is 7.11 Å². The number of furan rings is 1. The molecule has 0 spiro atoms. The number of hydrogen-bond acceptors (Lipinski definition) is 5. The second kappa shape index (κ2) is 8.51. The number of aryl methyl sites for hydroxylation is 1. The maximum atomic E-state index is 12.2. The van der Waals surface area contributed by atoms with Crippen LogP contribution in [0.4, 0.5) is 16.2 Å². The molecule has 1 heterocycles. The Morgan fingerprint density at radius 2 is 1.88 bits per heavy atom. The molecule has 2 amide bonds. The number of methoxy groups -OCH3 is 1. The summed E-state index contributed by atoms with van der Waals surface area (Å²) in [6.45, 7) is 2.25. The molecular formula is C16H17BrN2O5. The van der Waals surface area contributed by atoms with E-state index in [2.05, 4.69) is 26.6 Å². The lowest BCUT2D eigenvalue weighted by Crippen LogP contribution is -2.17. The van der Waals surface area contributed by atoms with Crippen molar-refractivity contribution in [1.29, 1.82) is 0 Å². The van der Waals surface area contributed by atoms with Crippen molar-refractivity contribution in [1.82, 2.24) is 0 Å². The first kappa shape index (κ1) is 18.0. The first-order valence-corrected chi connectivity index (χ1v) is 7.89. The van der Waals surface area contributed by atoms with Gasteiger partial charge in [0.25, 0.3) is 5.91 Å². The van der Waals surface area contributed by atoms with Gasteiger partial charge in [0.1, 0.15) is 6.61 Å². The van der Waals surface area contributed by atoms with Gasteiger partial charge in [-0.2, -0.15) is 0 Å². The molecule has 1 aromatic carbocycles. The van der Waals surface area contributed by atoms with Crippen LogP contribution in [0.15, 0.2) is 39.4 Å². The molecule has 0 aliphatic carbocycles. The molecule has 128 valence electrons. The lowest BCUT2D eigenvalue weighted by molar-refractivity contribution is 0.0994. The third-order valence-corrected chi connectivity index (χ3v) is 3.37. The van der Waals surface area contributed by atoms with Crippen LogP contribution in [-0.2, 0) is 9.47 Å². The molecule has 0 fully saturated rings. The number of benzene rings is 1. The predicted octanol–water partition coefficient (Wildman–Crippen LogP) is 3.80. The minimum absolute atomic E-state index is 0.158. The molecule has 0 bridgehead atoms. The van der Waals surface area contributed by atoms with E-state index < -0.39 is 6.09 Å². The Kier molecular flexibility index (Phi) is 6.39. The van der Waals surface area contributed by atoms with E-state index in [9.17, 15) is 9.59 Å². The van der Waals surface area contributed by atoms with Crippen LogP contribution in [0.1, 0.15) is 16.1 Å². The number of amides is 2. The van der Waals surface area contributed by atoms with E-state index in [1.54, 1.807) is 37.3 Å². The molecule has 0 aliphatic heterocycles. The van der Waals surface area contributed by atoms with Gasteiger partial charge in [0.05, 0.1) is 6.61 Å². The monoisotopic (exact) mass is 396 g/mol. The Bertz CT molecular complexity index is 729. The van der Waals surface area contributed by atoms with Crippen molar-refractivity contribution in [3.63, 3.8) is 0 Å². The van der Waals surface area contributed by atoms with Gasteiger partial charge in [0.2, 0.25) is 0 Å². The second-order valence-corrected chi connectivity index (χ2v) is 5.63. The first-order valence-electron chi connectivity index (χ1n) is 7.09. The normalized spacial score (nSPS) is 10.3. The predicted molar refractivity (Wildman–Crippen MR) is 92.4 cm³/mol. The molecule has 7 nitrogen and oxygen atoms in total. The Morgan fingerprint density at radius 3 is 2.50 bits per heavy atom. The van der Waals surface area contributed by atoms with Crippen molar-refractivity contribution in [2.24, 2.45) is 0 Å². The van der Waals surface area contributed by atoms with Gasteiger partial charge in [0, 0.05) is 24.0 Å². The molecule has 0 radical (unpaired) electrons. The van der Waals surface area contributed by atoms with Gasteiger partial charge in [0.15, 0.2) is 10.4 Å². The number of nitrogens with one attached hydrogen (secondary N) is 2. The summed E-state index contributed by atoms with van der Waals surface area (Å²) in [5, 5.41) is 5.28. The van der Waals surface area contributed by atoms with Crippen molar-refractivity contribution < 1.29 is 23.5 Å². The zero-order valence-electron chi connectivity index (χ0n) is 13.2. The Hall–Kier alpha value is -2.32. The first-order chi connectivity index (χ1) is 11.5. The molecule has 2 rings (SSSR count). The molecule has 8 heteroatoms. The van der Waals surface area contributed by atoms with E-state index in [0.29, 0.717) is 22.7 Å². The van der Waals surface area contributed by atoms with Gasteiger partial charge in [-0.25, -0.2) is 4.79 Å². The number of carbonyl (C=O) groups is 2. The van der Waals surface area contributed by atoms with Crippen LogP contribution in [0, 0.1) is 6.92 Å². The highest BCUT2D eigenvalue weighted by Crippen LogP contribution is 2.22. The average Bonchev–Trinajstić information content (AvgIpc) is 2.86. The van der Waals surface area contributed by atoms with Crippen LogP contribution in [0.5, 0.6) is 0 Å². The summed E-state index contributed by atoms with van der Waals surface area (Å²) < 4.78 is 15.5. The highest BCUT2D eigenvalue weighted by Gasteiger charge is 2.15. The van der Waals surface area contributed by atoms with Gasteiger partial charge < -0.3 is 19.2 Å². The average molecular weight is 397 g/mol. The Balaban J connectivity index is 1.98. The van der Waals surface area contributed by atoms with Crippen molar-refractivity contribution in [3.05, 3.63) is 46.3 Å². The van der Waals surface area contributed by atoms with E-state index in [1.807, 2.05) is 0 Å². The number of halogens is 1. The summed E-state index contributed by atoms with van der Waals surface area (Å²) in [6, 6.07) is 8.41. The molecule has 2 aromatic rings. The summed E-state index contributed by atoms with van der Waals surface area (Å²) in [5.74, 6) is -0.155. The molecule has 24 heavy (non-hydrogen) atoms. The third kappa shape index (κ3) is 5.10. The third-order valence-electron chi connectivity index (χ3n) is 2.98. The zero-order chi connectivity index (χ0) is 17.5. The van der Waals surface area contributed by atoms with Gasteiger partial charge in [-0.1, -0.05) is 6.07 Å². The topological polar surface area (TPSA) is 89.8 Å². The maximum absolute atomic E-state index is 12.2. The zero-order valence-corrected chi connectivity index (χ0v) is 14.8. The summed E-state index contributed by atoms with van der Waals surface area (Å²) in [7, 11) is 1.52.